The molecule has 2 amide bonds. The molecule has 0 spiro atoms. The number of rotatable bonds is 13. The van der Waals surface area contributed by atoms with Crippen LogP contribution in [0.4, 0.5) is 0 Å². The molecule has 4 atom stereocenters. The SMILES string of the molecule is CCC1=C(C)C([CH-]c2[nH]c([CH-]C3=C(CCC(=O)O)[C-](C)/C(=C/C4NC(=O)[C@H](C)[C@H]4CC)N3)c(CCC(=O)O)c2C)NC1=O. The molecule has 0 aromatic carbocycles. The molecule has 4 rings (SSSR count). The van der Waals surface area contributed by atoms with Crippen molar-refractivity contribution >= 4 is 23.8 Å². The Hall–Kier alpha value is -4.21. The fourth-order valence-electron chi connectivity index (χ4n) is 6.53. The van der Waals surface area contributed by atoms with Crippen molar-refractivity contribution in [3.8, 4) is 0 Å². The molecular formula is C33H43N4O6-3. The number of aromatic amines is 1. The molecule has 0 bridgehead atoms. The Morgan fingerprint density at radius 1 is 1.02 bits per heavy atom. The second-order valence-corrected chi connectivity index (χ2v) is 11.7. The van der Waals surface area contributed by atoms with E-state index < -0.39 is 11.9 Å². The normalized spacial score (nSPS) is 24.5. The van der Waals surface area contributed by atoms with Crippen LogP contribution in [0.25, 0.3) is 0 Å². The van der Waals surface area contributed by atoms with Gasteiger partial charge in [0.05, 0.1) is 0 Å². The quantitative estimate of drug-likeness (QED) is 0.189. The molecule has 10 heteroatoms. The molecule has 4 heterocycles. The highest BCUT2D eigenvalue weighted by atomic mass is 16.4. The second-order valence-electron chi connectivity index (χ2n) is 11.7. The van der Waals surface area contributed by atoms with Gasteiger partial charge in [-0.25, -0.2) is 11.1 Å². The first kappa shape index (κ1) is 31.7. The number of hydrogen-bond acceptors (Lipinski definition) is 5. The molecule has 234 valence electrons. The molecule has 0 saturated carbocycles. The van der Waals surface area contributed by atoms with Gasteiger partial charge in [-0.1, -0.05) is 63.9 Å². The molecule has 1 saturated heterocycles. The first-order chi connectivity index (χ1) is 20.4. The van der Waals surface area contributed by atoms with Crippen molar-refractivity contribution in [3.63, 3.8) is 0 Å². The lowest BCUT2D eigenvalue weighted by Crippen LogP contribution is -2.29. The molecule has 3 aliphatic rings. The number of amides is 2. The van der Waals surface area contributed by atoms with Gasteiger partial charge in [-0.3, -0.25) is 19.2 Å². The molecule has 10 nitrogen and oxygen atoms in total. The highest BCUT2D eigenvalue weighted by molar-refractivity contribution is 5.97. The number of H-pyrrole nitrogens is 1. The van der Waals surface area contributed by atoms with E-state index in [0.717, 1.165) is 63.0 Å². The average Bonchev–Trinajstić information content (AvgIpc) is 3.59. The van der Waals surface area contributed by atoms with Crippen LogP contribution in [0.1, 0.15) is 89.2 Å². The molecule has 43 heavy (non-hydrogen) atoms. The Morgan fingerprint density at radius 3 is 2.30 bits per heavy atom. The van der Waals surface area contributed by atoms with Crippen molar-refractivity contribution < 1.29 is 29.4 Å². The van der Waals surface area contributed by atoms with Crippen molar-refractivity contribution in [1.82, 2.24) is 20.9 Å². The zero-order valence-corrected chi connectivity index (χ0v) is 25.8. The van der Waals surface area contributed by atoms with Crippen molar-refractivity contribution in [3.05, 3.63) is 75.5 Å². The molecule has 6 N–H and O–H groups in total. The predicted octanol–water partition coefficient (Wildman–Crippen LogP) is 4.03. The van der Waals surface area contributed by atoms with Crippen LogP contribution in [0.2, 0.25) is 0 Å². The molecule has 2 unspecified atom stereocenters. The van der Waals surface area contributed by atoms with Crippen LogP contribution in [-0.4, -0.2) is 51.0 Å². The number of carboxylic acid groups (broad SMARTS) is 2. The van der Waals surface area contributed by atoms with Gasteiger partial charge in [0.1, 0.15) is 0 Å². The number of hydrogen-bond donors (Lipinski definition) is 6. The fourth-order valence-corrected chi connectivity index (χ4v) is 6.53. The van der Waals surface area contributed by atoms with E-state index in [9.17, 15) is 29.4 Å². The molecule has 1 fully saturated rings. The van der Waals surface area contributed by atoms with E-state index >= 15 is 0 Å². The van der Waals surface area contributed by atoms with E-state index in [1.807, 2.05) is 53.5 Å². The van der Waals surface area contributed by atoms with Crippen LogP contribution in [-0.2, 0) is 25.6 Å². The Morgan fingerprint density at radius 2 is 1.70 bits per heavy atom. The number of carboxylic acids is 2. The maximum atomic E-state index is 12.4. The largest absolute Gasteiger partial charge is 0.481 e. The molecule has 1 aromatic heterocycles. The van der Waals surface area contributed by atoms with Crippen molar-refractivity contribution in [2.24, 2.45) is 11.8 Å². The smallest absolute Gasteiger partial charge is 0.302 e. The standard InChI is InChI=1S/C33H43N4O6/c1-7-20-19(6)32(42)37-27(20)14-25-18(5)23(10-12-31(40)41)29(35-25)15-28-22(9-11-30(38)39)17(4)24(34-28)13-26-16(3)21(8-2)33(43)36-26/h13-15,19-20,26-27,34-35H,7-12H2,1-6H3,(H,36,43)(H,37,42)(H,38,39)(H,40,41)/q-3/b25-14-/t19-,20-,26?,27?/m1/s1. The highest BCUT2D eigenvalue weighted by Crippen LogP contribution is 2.39. The van der Waals surface area contributed by atoms with E-state index in [0.29, 0.717) is 19.3 Å². The lowest BCUT2D eigenvalue weighted by molar-refractivity contribution is -0.138. The van der Waals surface area contributed by atoms with Crippen LogP contribution >= 0.6 is 0 Å². The van der Waals surface area contributed by atoms with Gasteiger partial charge in [0.2, 0.25) is 11.8 Å². The summed E-state index contributed by atoms with van der Waals surface area (Å²) in [5.41, 5.74) is 7.43. The van der Waals surface area contributed by atoms with E-state index in [1.165, 1.54) is 0 Å². The first-order valence-electron chi connectivity index (χ1n) is 15.1. The third kappa shape index (κ3) is 6.58. The topological polar surface area (TPSA) is 161 Å². The Labute approximate surface area is 253 Å². The number of nitrogens with one attached hydrogen (secondary N) is 4. The maximum Gasteiger partial charge on any atom is 0.302 e. The van der Waals surface area contributed by atoms with Gasteiger partial charge in [-0.2, -0.15) is 30.0 Å². The predicted molar refractivity (Wildman–Crippen MR) is 162 cm³/mol. The maximum absolute atomic E-state index is 12.4. The summed E-state index contributed by atoms with van der Waals surface area (Å²) >= 11 is 0. The minimum atomic E-state index is -0.903. The van der Waals surface area contributed by atoms with Crippen molar-refractivity contribution in [2.45, 2.75) is 92.2 Å². The summed E-state index contributed by atoms with van der Waals surface area (Å²) in [7, 11) is 0. The summed E-state index contributed by atoms with van der Waals surface area (Å²) in [5.74, 6) is -0.876. The Balaban J connectivity index is 1.67. The van der Waals surface area contributed by atoms with E-state index in [4.69, 9.17) is 0 Å². The summed E-state index contributed by atoms with van der Waals surface area (Å²) in [4.78, 5) is 51.3. The average molecular weight is 592 g/mol. The van der Waals surface area contributed by atoms with Gasteiger partial charge in [-0.05, 0) is 19.3 Å². The number of aliphatic carboxylic acids is 2. The van der Waals surface area contributed by atoms with E-state index in [2.05, 4.69) is 27.9 Å². The number of carbonyl (C=O) groups excluding carboxylic acids is 2. The van der Waals surface area contributed by atoms with Gasteiger partial charge in [0.25, 0.3) is 0 Å². The van der Waals surface area contributed by atoms with Crippen LogP contribution in [0, 0.1) is 37.5 Å². The summed E-state index contributed by atoms with van der Waals surface area (Å²) in [6, 6.07) is -0.411. The third-order valence-corrected chi connectivity index (χ3v) is 9.20. The molecule has 0 aliphatic carbocycles. The number of carbonyl (C=O) groups is 4. The summed E-state index contributed by atoms with van der Waals surface area (Å²) in [6.07, 6.45) is 7.91. The Bertz CT molecular complexity index is 1400. The molecule has 0 radical (unpaired) electrons. The summed E-state index contributed by atoms with van der Waals surface area (Å²) in [5, 5.41) is 28.5. The Kier molecular flexibility index (Phi) is 9.57. The molecular weight excluding hydrogens is 548 g/mol. The molecule has 3 aliphatic heterocycles. The van der Waals surface area contributed by atoms with Crippen LogP contribution in [0.15, 0.2) is 34.2 Å². The van der Waals surface area contributed by atoms with Crippen LogP contribution < -0.4 is 16.0 Å². The lowest BCUT2D eigenvalue weighted by Gasteiger charge is -2.26. The highest BCUT2D eigenvalue weighted by Gasteiger charge is 2.35. The zero-order valence-electron chi connectivity index (χ0n) is 25.8. The van der Waals surface area contributed by atoms with Crippen LogP contribution in [0.3, 0.4) is 0 Å². The zero-order chi connectivity index (χ0) is 31.6. The van der Waals surface area contributed by atoms with Gasteiger partial charge in [-0.15, -0.1) is 18.7 Å². The lowest BCUT2D eigenvalue weighted by atomic mass is 9.87. The third-order valence-electron chi connectivity index (χ3n) is 9.20. The van der Waals surface area contributed by atoms with Gasteiger partial charge < -0.3 is 31.1 Å². The van der Waals surface area contributed by atoms with Crippen molar-refractivity contribution in [2.75, 3.05) is 0 Å². The summed E-state index contributed by atoms with van der Waals surface area (Å²) < 4.78 is 0. The number of aromatic nitrogens is 1. The van der Waals surface area contributed by atoms with Gasteiger partial charge >= 0.3 is 11.9 Å². The fraction of sp³-hybridized carbons (Fsp3) is 0.485. The van der Waals surface area contributed by atoms with E-state index in [-0.39, 0.29) is 48.6 Å². The first-order valence-corrected chi connectivity index (χ1v) is 15.1. The van der Waals surface area contributed by atoms with E-state index in [1.54, 1.807) is 0 Å². The van der Waals surface area contributed by atoms with Crippen LogP contribution in [0.5, 0.6) is 0 Å². The number of allylic oxidation sites excluding steroid dienone is 2. The second kappa shape index (κ2) is 13.0. The minimum absolute atomic E-state index is 0.0264. The summed E-state index contributed by atoms with van der Waals surface area (Å²) in [6.45, 7) is 11.8. The molecule has 1 aromatic rings. The minimum Gasteiger partial charge on any atom is -0.481 e. The van der Waals surface area contributed by atoms with Crippen molar-refractivity contribution in [1.29, 1.82) is 0 Å². The monoisotopic (exact) mass is 591 g/mol. The van der Waals surface area contributed by atoms with Gasteiger partial charge in [0, 0.05) is 36.4 Å². The van der Waals surface area contributed by atoms with Gasteiger partial charge in [0.15, 0.2) is 0 Å².